The molecule has 4 nitrogen and oxygen atoms in total. The summed E-state index contributed by atoms with van der Waals surface area (Å²) in [6.45, 7) is 5.70. The van der Waals surface area contributed by atoms with Crippen molar-refractivity contribution in [1.82, 2.24) is 0 Å². The lowest BCUT2D eigenvalue weighted by atomic mass is 10.2. The summed E-state index contributed by atoms with van der Waals surface area (Å²) in [5.41, 5.74) is 2.29. The van der Waals surface area contributed by atoms with E-state index < -0.39 is 15.8 Å². The molecular weight excluding hydrogens is 554 g/mol. The highest BCUT2D eigenvalue weighted by atomic mass is 31.1. The van der Waals surface area contributed by atoms with Crippen LogP contribution in [-0.4, -0.2) is 49.4 Å². The van der Waals surface area contributed by atoms with E-state index in [1.54, 1.807) is 0 Å². The second-order valence-corrected chi connectivity index (χ2v) is 15.2. The summed E-state index contributed by atoms with van der Waals surface area (Å²) in [6.07, 6.45) is 4.10. The van der Waals surface area contributed by atoms with Gasteiger partial charge < -0.3 is 9.47 Å². The third-order valence-corrected chi connectivity index (χ3v) is 13.4. The normalized spacial score (nSPS) is 19.4. The molecule has 0 aliphatic carbocycles. The Labute approximate surface area is 252 Å². The molecule has 4 aromatic rings. The van der Waals surface area contributed by atoms with Gasteiger partial charge in [-0.2, -0.15) is 0 Å². The fraction of sp³-hybridized carbons (Fsp3) is 0.278. The van der Waals surface area contributed by atoms with Gasteiger partial charge in [-0.15, -0.1) is 0 Å². The van der Waals surface area contributed by atoms with Gasteiger partial charge in [0.15, 0.2) is 0 Å². The zero-order chi connectivity index (χ0) is 28.7. The van der Waals surface area contributed by atoms with Gasteiger partial charge in [0, 0.05) is 11.1 Å². The van der Waals surface area contributed by atoms with Crippen molar-refractivity contribution in [3.8, 4) is 0 Å². The van der Waals surface area contributed by atoms with Crippen molar-refractivity contribution in [3.05, 3.63) is 120 Å². The lowest BCUT2D eigenvalue weighted by molar-refractivity contribution is 0.315. The SMILES string of the molecule is CC[C@@H]1COC(c2ccccc2P(CCP(c2ccccc2)c2ccccc2C2=N[C@H](CC)CO2)c2ccccc2)=N1. The molecule has 0 N–H and O–H groups in total. The topological polar surface area (TPSA) is 43.2 Å². The fourth-order valence-electron chi connectivity index (χ4n) is 5.52. The number of hydrogen-bond donors (Lipinski definition) is 0. The average Bonchev–Trinajstić information content (AvgIpc) is 3.75. The molecule has 0 bridgehead atoms. The summed E-state index contributed by atoms with van der Waals surface area (Å²) in [7, 11) is -1.31. The first-order valence-electron chi connectivity index (χ1n) is 15.0. The zero-order valence-electron chi connectivity index (χ0n) is 24.4. The van der Waals surface area contributed by atoms with E-state index in [2.05, 4.69) is 123 Å². The van der Waals surface area contributed by atoms with Crippen LogP contribution in [0.3, 0.4) is 0 Å². The van der Waals surface area contributed by atoms with E-state index in [-0.39, 0.29) is 12.1 Å². The van der Waals surface area contributed by atoms with Crippen LogP contribution in [0.2, 0.25) is 0 Å². The van der Waals surface area contributed by atoms with Crippen LogP contribution < -0.4 is 21.2 Å². The molecule has 2 aliphatic heterocycles. The lowest BCUT2D eigenvalue weighted by Gasteiger charge is -2.26. The summed E-state index contributed by atoms with van der Waals surface area (Å²) < 4.78 is 12.3. The summed E-state index contributed by atoms with van der Waals surface area (Å²) in [4.78, 5) is 9.91. The Hall–Kier alpha value is -3.32. The second-order valence-electron chi connectivity index (χ2n) is 10.6. The van der Waals surface area contributed by atoms with Gasteiger partial charge >= 0.3 is 0 Å². The minimum Gasteiger partial charge on any atom is -0.475 e. The van der Waals surface area contributed by atoms with Gasteiger partial charge in [0.2, 0.25) is 11.8 Å². The molecule has 214 valence electrons. The third kappa shape index (κ3) is 6.36. The molecule has 0 radical (unpaired) electrons. The minimum absolute atomic E-state index is 0.242. The Morgan fingerprint density at radius 2 is 0.929 bits per heavy atom. The molecule has 6 rings (SSSR count). The Bertz CT molecular complexity index is 1420. The van der Waals surface area contributed by atoms with Crippen molar-refractivity contribution < 1.29 is 9.47 Å². The Balaban J connectivity index is 1.39. The van der Waals surface area contributed by atoms with Crippen molar-refractivity contribution in [2.24, 2.45) is 9.98 Å². The second kappa shape index (κ2) is 13.8. The smallest absolute Gasteiger partial charge is 0.217 e. The van der Waals surface area contributed by atoms with Crippen LogP contribution in [-0.2, 0) is 9.47 Å². The minimum atomic E-state index is -0.655. The van der Waals surface area contributed by atoms with Gasteiger partial charge in [-0.25, -0.2) is 9.98 Å². The maximum absolute atomic E-state index is 6.16. The molecule has 0 aromatic heterocycles. The Kier molecular flexibility index (Phi) is 9.44. The van der Waals surface area contributed by atoms with Crippen LogP contribution in [0.4, 0.5) is 0 Å². The van der Waals surface area contributed by atoms with Crippen LogP contribution >= 0.6 is 15.8 Å². The van der Waals surface area contributed by atoms with Gasteiger partial charge in [0.1, 0.15) is 13.2 Å². The third-order valence-electron chi connectivity index (χ3n) is 7.90. The lowest BCUT2D eigenvalue weighted by Crippen LogP contribution is -2.25. The molecule has 4 aromatic carbocycles. The number of nitrogens with zero attached hydrogens (tertiary/aromatic N) is 2. The average molecular weight is 593 g/mol. The van der Waals surface area contributed by atoms with Gasteiger partial charge in [-0.1, -0.05) is 111 Å². The summed E-state index contributed by atoms with van der Waals surface area (Å²) in [5, 5.41) is 5.46. The zero-order valence-corrected chi connectivity index (χ0v) is 26.2. The summed E-state index contributed by atoms with van der Waals surface area (Å²) in [5.74, 6) is 1.61. The van der Waals surface area contributed by atoms with E-state index in [0.29, 0.717) is 13.2 Å². The summed E-state index contributed by atoms with van der Waals surface area (Å²) in [6, 6.07) is 40.1. The largest absolute Gasteiger partial charge is 0.475 e. The van der Waals surface area contributed by atoms with E-state index in [9.17, 15) is 0 Å². The Morgan fingerprint density at radius 1 is 0.548 bits per heavy atom. The van der Waals surface area contributed by atoms with E-state index in [4.69, 9.17) is 19.5 Å². The number of ether oxygens (including phenoxy) is 2. The van der Waals surface area contributed by atoms with Gasteiger partial charge in [-0.05, 0) is 74.4 Å². The molecule has 2 heterocycles. The van der Waals surface area contributed by atoms with E-state index in [1.165, 1.54) is 21.2 Å². The maximum atomic E-state index is 6.16. The van der Waals surface area contributed by atoms with Crippen molar-refractivity contribution in [1.29, 1.82) is 0 Å². The molecule has 0 saturated carbocycles. The molecule has 0 spiro atoms. The molecule has 4 atom stereocenters. The standard InChI is InChI=1S/C36H38N2O2P2/c1-3-27-25-39-35(37-27)31-19-11-13-21-33(31)41(29-15-7-5-8-16-29)23-24-42(30-17-9-6-10-18-30)34-22-14-12-20-32(34)36-38-28(4-2)26-40-36/h5-22,27-28H,3-4,23-26H2,1-2H3/t27-,28-,41?,42?/m1/s1. The van der Waals surface area contributed by atoms with E-state index in [1.807, 2.05) is 0 Å². The first-order valence-corrected chi connectivity index (χ1v) is 18.1. The van der Waals surface area contributed by atoms with Gasteiger partial charge in [0.25, 0.3) is 0 Å². The molecule has 6 heteroatoms. The van der Waals surface area contributed by atoms with E-state index in [0.717, 1.165) is 48.1 Å². The molecular formula is C36H38N2O2P2. The first kappa shape index (κ1) is 28.8. The molecule has 0 amide bonds. The van der Waals surface area contributed by atoms with Crippen LogP contribution in [0.15, 0.2) is 119 Å². The van der Waals surface area contributed by atoms with Crippen molar-refractivity contribution in [2.75, 3.05) is 25.5 Å². The Morgan fingerprint density at radius 3 is 1.31 bits per heavy atom. The quantitative estimate of drug-likeness (QED) is 0.190. The fourth-order valence-corrected chi connectivity index (χ4v) is 11.2. The molecule has 2 aliphatic rings. The van der Waals surface area contributed by atoms with Gasteiger partial charge in [-0.3, -0.25) is 0 Å². The number of aliphatic imine (C=N–C) groups is 2. The highest BCUT2D eigenvalue weighted by Gasteiger charge is 2.28. The maximum Gasteiger partial charge on any atom is 0.217 e. The van der Waals surface area contributed by atoms with Crippen LogP contribution in [0, 0.1) is 0 Å². The highest BCUT2D eigenvalue weighted by molar-refractivity contribution is 7.76. The summed E-state index contributed by atoms with van der Waals surface area (Å²) >= 11 is 0. The van der Waals surface area contributed by atoms with Crippen LogP contribution in [0.25, 0.3) is 0 Å². The monoisotopic (exact) mass is 592 g/mol. The molecule has 0 fully saturated rings. The van der Waals surface area contributed by atoms with Crippen molar-refractivity contribution in [2.45, 2.75) is 38.8 Å². The predicted molar refractivity (Wildman–Crippen MR) is 181 cm³/mol. The number of hydrogen-bond acceptors (Lipinski definition) is 4. The first-order chi connectivity index (χ1) is 20.7. The number of benzene rings is 4. The number of rotatable bonds is 11. The molecule has 0 saturated heterocycles. The highest BCUT2D eigenvalue weighted by Crippen LogP contribution is 2.43. The van der Waals surface area contributed by atoms with Crippen LogP contribution in [0.5, 0.6) is 0 Å². The van der Waals surface area contributed by atoms with Gasteiger partial charge in [0.05, 0.1) is 12.1 Å². The predicted octanol–water partition coefficient (Wildman–Crippen LogP) is 6.36. The molecule has 2 unspecified atom stereocenters. The van der Waals surface area contributed by atoms with Crippen LogP contribution in [0.1, 0.15) is 37.8 Å². The van der Waals surface area contributed by atoms with E-state index >= 15 is 0 Å². The van der Waals surface area contributed by atoms with Crippen molar-refractivity contribution >= 4 is 48.9 Å². The molecule has 42 heavy (non-hydrogen) atoms. The van der Waals surface area contributed by atoms with Crippen molar-refractivity contribution in [3.63, 3.8) is 0 Å².